The van der Waals surface area contributed by atoms with Gasteiger partial charge < -0.3 is 20.3 Å². The van der Waals surface area contributed by atoms with Gasteiger partial charge in [0.05, 0.1) is 16.9 Å². The van der Waals surface area contributed by atoms with Gasteiger partial charge in [0.25, 0.3) is 5.91 Å². The van der Waals surface area contributed by atoms with E-state index in [1.165, 1.54) is 6.07 Å². The SMILES string of the molecule is CC(C)NC(=O)NC(=O)COC(=O)c1ccc2c(c1)NC(=O)[C@H]1CCCN21. The van der Waals surface area contributed by atoms with Gasteiger partial charge in [0, 0.05) is 12.6 Å². The molecule has 1 atom stereocenters. The third-order valence-corrected chi connectivity index (χ3v) is 4.36. The predicted octanol–water partition coefficient (Wildman–Crippen LogP) is 0.998. The second-order valence-corrected chi connectivity index (χ2v) is 6.83. The summed E-state index contributed by atoms with van der Waals surface area (Å²) >= 11 is 0. The number of fused-ring (bicyclic) bond motifs is 3. The van der Waals surface area contributed by atoms with Gasteiger partial charge in [-0.05, 0) is 44.9 Å². The molecule has 0 aromatic heterocycles. The first-order valence-electron chi connectivity index (χ1n) is 8.84. The summed E-state index contributed by atoms with van der Waals surface area (Å²) in [7, 11) is 0. The fraction of sp³-hybridized carbons (Fsp3) is 0.444. The zero-order valence-corrected chi connectivity index (χ0v) is 15.2. The Morgan fingerprint density at radius 2 is 2.11 bits per heavy atom. The number of esters is 1. The standard InChI is InChI=1S/C18H22N4O5/c1-10(2)19-18(26)21-15(23)9-27-17(25)11-5-6-13-12(8-11)20-16(24)14-4-3-7-22(13)14/h5-6,8,10,14H,3-4,7,9H2,1-2H3,(H,20,24)(H2,19,21,23,26)/t14-/m1/s1. The molecule has 1 aromatic carbocycles. The van der Waals surface area contributed by atoms with Crippen LogP contribution in [0.25, 0.3) is 0 Å². The van der Waals surface area contributed by atoms with E-state index in [0.29, 0.717) is 5.69 Å². The molecule has 0 unspecified atom stereocenters. The highest BCUT2D eigenvalue weighted by molar-refractivity contribution is 6.05. The van der Waals surface area contributed by atoms with Gasteiger partial charge in [0.15, 0.2) is 6.61 Å². The van der Waals surface area contributed by atoms with E-state index in [9.17, 15) is 19.2 Å². The van der Waals surface area contributed by atoms with Gasteiger partial charge in [-0.15, -0.1) is 0 Å². The molecule has 1 saturated heterocycles. The summed E-state index contributed by atoms with van der Waals surface area (Å²) in [4.78, 5) is 49.5. The van der Waals surface area contributed by atoms with Crippen LogP contribution in [0.3, 0.4) is 0 Å². The Morgan fingerprint density at radius 3 is 2.85 bits per heavy atom. The number of anilines is 2. The van der Waals surface area contributed by atoms with Crippen molar-refractivity contribution in [3.63, 3.8) is 0 Å². The van der Waals surface area contributed by atoms with Gasteiger partial charge in [-0.3, -0.25) is 14.9 Å². The summed E-state index contributed by atoms with van der Waals surface area (Å²) in [6, 6.07) is 3.96. The molecule has 2 heterocycles. The highest BCUT2D eigenvalue weighted by atomic mass is 16.5. The van der Waals surface area contributed by atoms with Gasteiger partial charge in [-0.1, -0.05) is 0 Å². The Balaban J connectivity index is 1.60. The average Bonchev–Trinajstić information content (AvgIpc) is 3.09. The van der Waals surface area contributed by atoms with E-state index in [-0.39, 0.29) is 23.6 Å². The molecule has 0 spiro atoms. The fourth-order valence-electron chi connectivity index (χ4n) is 3.23. The molecule has 0 saturated carbocycles. The molecule has 4 amide bonds. The molecule has 1 fully saturated rings. The van der Waals surface area contributed by atoms with Crippen LogP contribution in [0.15, 0.2) is 18.2 Å². The number of ether oxygens (including phenoxy) is 1. The van der Waals surface area contributed by atoms with E-state index in [4.69, 9.17) is 4.74 Å². The van der Waals surface area contributed by atoms with Gasteiger partial charge in [-0.2, -0.15) is 0 Å². The van der Waals surface area contributed by atoms with Crippen molar-refractivity contribution in [2.75, 3.05) is 23.4 Å². The maximum absolute atomic E-state index is 12.2. The first kappa shape index (κ1) is 18.7. The number of hydrogen-bond donors (Lipinski definition) is 3. The lowest BCUT2D eigenvalue weighted by atomic mass is 10.1. The maximum atomic E-state index is 12.2. The van der Waals surface area contributed by atoms with Crippen LogP contribution in [-0.4, -0.2) is 49.1 Å². The van der Waals surface area contributed by atoms with Crippen molar-refractivity contribution in [3.8, 4) is 0 Å². The molecule has 2 aliphatic heterocycles. The smallest absolute Gasteiger partial charge is 0.338 e. The minimum Gasteiger partial charge on any atom is -0.452 e. The third-order valence-electron chi connectivity index (χ3n) is 4.36. The van der Waals surface area contributed by atoms with Crippen LogP contribution in [0.5, 0.6) is 0 Å². The summed E-state index contributed by atoms with van der Waals surface area (Å²) in [5.41, 5.74) is 1.64. The topological polar surface area (TPSA) is 117 Å². The van der Waals surface area contributed by atoms with Gasteiger partial charge in [0.1, 0.15) is 6.04 Å². The second kappa shape index (κ2) is 7.65. The van der Waals surface area contributed by atoms with Crippen molar-refractivity contribution < 1.29 is 23.9 Å². The minimum absolute atomic E-state index is 0.0824. The largest absolute Gasteiger partial charge is 0.452 e. The summed E-state index contributed by atoms with van der Waals surface area (Å²) in [5, 5.41) is 7.38. The zero-order chi connectivity index (χ0) is 19.6. The normalized spacial score (nSPS) is 17.7. The third kappa shape index (κ3) is 4.18. The number of benzene rings is 1. The van der Waals surface area contributed by atoms with Crippen LogP contribution >= 0.6 is 0 Å². The first-order valence-corrected chi connectivity index (χ1v) is 8.84. The van der Waals surface area contributed by atoms with Crippen molar-refractivity contribution >= 4 is 35.2 Å². The minimum atomic E-state index is -0.729. The molecule has 2 aliphatic rings. The monoisotopic (exact) mass is 374 g/mol. The lowest BCUT2D eigenvalue weighted by molar-refractivity contribution is -0.123. The van der Waals surface area contributed by atoms with Crippen LogP contribution in [-0.2, 0) is 14.3 Å². The molecule has 0 radical (unpaired) electrons. The average molecular weight is 374 g/mol. The highest BCUT2D eigenvalue weighted by Crippen LogP contribution is 2.37. The molecular formula is C18H22N4O5. The number of rotatable bonds is 4. The van der Waals surface area contributed by atoms with Gasteiger partial charge in [-0.25, -0.2) is 9.59 Å². The molecule has 144 valence electrons. The van der Waals surface area contributed by atoms with E-state index in [1.54, 1.807) is 26.0 Å². The number of imide groups is 1. The van der Waals surface area contributed by atoms with E-state index < -0.39 is 24.5 Å². The van der Waals surface area contributed by atoms with Gasteiger partial charge in [0.2, 0.25) is 5.91 Å². The van der Waals surface area contributed by atoms with Crippen LogP contribution in [0.4, 0.5) is 16.2 Å². The Labute approximate surface area is 156 Å². The van der Waals surface area contributed by atoms with Crippen LogP contribution in [0.1, 0.15) is 37.0 Å². The number of carbonyl (C=O) groups excluding carboxylic acids is 4. The second-order valence-electron chi connectivity index (χ2n) is 6.83. The number of carbonyl (C=O) groups is 4. The quantitative estimate of drug-likeness (QED) is 0.677. The molecule has 0 aliphatic carbocycles. The Morgan fingerprint density at radius 1 is 1.33 bits per heavy atom. The van der Waals surface area contributed by atoms with Gasteiger partial charge >= 0.3 is 12.0 Å². The number of amides is 4. The molecule has 9 heteroatoms. The zero-order valence-electron chi connectivity index (χ0n) is 15.2. The number of nitrogens with zero attached hydrogens (tertiary/aromatic N) is 1. The summed E-state index contributed by atoms with van der Waals surface area (Å²) in [6.07, 6.45) is 1.76. The molecule has 27 heavy (non-hydrogen) atoms. The fourth-order valence-corrected chi connectivity index (χ4v) is 3.23. The summed E-state index contributed by atoms with van der Waals surface area (Å²) in [6.45, 7) is 3.72. The lowest BCUT2D eigenvalue weighted by Gasteiger charge is -2.33. The Hall–Kier alpha value is -3.10. The van der Waals surface area contributed by atoms with E-state index in [0.717, 1.165) is 25.1 Å². The number of nitrogens with one attached hydrogen (secondary N) is 3. The highest BCUT2D eigenvalue weighted by Gasteiger charge is 2.36. The Kier molecular flexibility index (Phi) is 5.29. The van der Waals surface area contributed by atoms with E-state index in [2.05, 4.69) is 16.0 Å². The molecule has 3 rings (SSSR count). The molecular weight excluding hydrogens is 352 g/mol. The van der Waals surface area contributed by atoms with Crippen molar-refractivity contribution in [1.29, 1.82) is 0 Å². The lowest BCUT2D eigenvalue weighted by Crippen LogP contribution is -2.44. The van der Waals surface area contributed by atoms with E-state index in [1.807, 2.05) is 4.90 Å². The van der Waals surface area contributed by atoms with Crippen LogP contribution in [0, 0.1) is 0 Å². The van der Waals surface area contributed by atoms with Crippen molar-refractivity contribution in [2.45, 2.75) is 38.8 Å². The molecule has 1 aromatic rings. The molecule has 3 N–H and O–H groups in total. The van der Waals surface area contributed by atoms with E-state index >= 15 is 0 Å². The van der Waals surface area contributed by atoms with Crippen molar-refractivity contribution in [2.24, 2.45) is 0 Å². The van der Waals surface area contributed by atoms with Crippen molar-refractivity contribution in [3.05, 3.63) is 23.8 Å². The molecule has 9 nitrogen and oxygen atoms in total. The summed E-state index contributed by atoms with van der Waals surface area (Å²) < 4.78 is 4.94. The van der Waals surface area contributed by atoms with Crippen LogP contribution < -0.4 is 20.9 Å². The van der Waals surface area contributed by atoms with Crippen molar-refractivity contribution in [1.82, 2.24) is 10.6 Å². The number of urea groups is 1. The summed E-state index contributed by atoms with van der Waals surface area (Å²) in [5.74, 6) is -1.52. The van der Waals surface area contributed by atoms with Crippen LogP contribution in [0.2, 0.25) is 0 Å². The number of hydrogen-bond acceptors (Lipinski definition) is 6. The first-order chi connectivity index (χ1) is 12.8. The maximum Gasteiger partial charge on any atom is 0.338 e. The predicted molar refractivity (Wildman–Crippen MR) is 97.5 cm³/mol. The Bertz CT molecular complexity index is 792. The molecule has 0 bridgehead atoms.